The molecule has 0 N–H and O–H groups in total. The van der Waals surface area contributed by atoms with Crippen molar-refractivity contribution in [3.05, 3.63) is 0 Å². The van der Waals surface area contributed by atoms with Crippen LogP contribution < -0.4 is 0 Å². The van der Waals surface area contributed by atoms with Crippen molar-refractivity contribution in [3.63, 3.8) is 0 Å². The molecule has 0 aliphatic heterocycles. The van der Waals surface area contributed by atoms with Gasteiger partial charge in [0.15, 0.2) is 0 Å². The average molecular weight is 216 g/mol. The molecule has 0 radical (unpaired) electrons. The predicted molar refractivity (Wildman–Crippen MR) is 71.4 cm³/mol. The van der Waals surface area contributed by atoms with Crippen molar-refractivity contribution in [2.45, 2.75) is 70.6 Å². The zero-order valence-electron chi connectivity index (χ0n) is 10.6. The van der Waals surface area contributed by atoms with E-state index in [-0.39, 0.29) is 0 Å². The minimum absolute atomic E-state index is 0.926. The summed E-state index contributed by atoms with van der Waals surface area (Å²) in [5, 5.41) is 0. The molecule has 0 saturated heterocycles. The Morgan fingerprint density at radius 2 is 1.71 bits per heavy atom. The van der Waals surface area contributed by atoms with Gasteiger partial charge in [0.25, 0.3) is 0 Å². The second-order valence-electron chi connectivity index (χ2n) is 5.50. The molecule has 0 amide bonds. The molecule has 0 nitrogen and oxygen atoms in total. The standard InChI is InChI=1S/C13H29P/c1-5-12(3)14(4,6-2)13-10-8-7-9-11-13/h12-14H,5-11H2,1-4H3. The third kappa shape index (κ3) is 2.51. The van der Waals surface area contributed by atoms with Gasteiger partial charge in [-0.25, -0.2) is 0 Å². The summed E-state index contributed by atoms with van der Waals surface area (Å²) in [7, 11) is -0.926. The Morgan fingerprint density at radius 1 is 1.14 bits per heavy atom. The van der Waals surface area contributed by atoms with Gasteiger partial charge in [0.05, 0.1) is 0 Å². The molecule has 1 aliphatic carbocycles. The van der Waals surface area contributed by atoms with Gasteiger partial charge in [0.1, 0.15) is 0 Å². The number of hydrogen-bond acceptors (Lipinski definition) is 0. The maximum absolute atomic E-state index is 2.68. The Hall–Kier alpha value is 0.430. The van der Waals surface area contributed by atoms with E-state index >= 15 is 0 Å². The molecule has 1 atom stereocenters. The van der Waals surface area contributed by atoms with E-state index in [0.717, 1.165) is 11.3 Å². The molecule has 1 unspecified atom stereocenters. The van der Waals surface area contributed by atoms with Crippen molar-refractivity contribution in [1.82, 2.24) is 0 Å². The van der Waals surface area contributed by atoms with Crippen molar-refractivity contribution in [2.75, 3.05) is 12.8 Å². The van der Waals surface area contributed by atoms with Gasteiger partial charge in [-0.2, -0.15) is 0 Å². The molecule has 1 rings (SSSR count). The Kier molecular flexibility index (Phi) is 4.91. The molecule has 1 fully saturated rings. The molecule has 1 saturated carbocycles. The summed E-state index contributed by atoms with van der Waals surface area (Å²) < 4.78 is 0. The molecule has 1 aliphatic rings. The Morgan fingerprint density at radius 3 is 2.14 bits per heavy atom. The van der Waals surface area contributed by atoms with Gasteiger partial charge in [-0.05, 0) is 0 Å². The van der Waals surface area contributed by atoms with Crippen LogP contribution in [0.15, 0.2) is 0 Å². The van der Waals surface area contributed by atoms with Crippen LogP contribution in [0.25, 0.3) is 0 Å². The van der Waals surface area contributed by atoms with Crippen LogP contribution in [-0.2, 0) is 0 Å². The van der Waals surface area contributed by atoms with Crippen LogP contribution >= 0.6 is 7.26 Å². The summed E-state index contributed by atoms with van der Waals surface area (Å²) >= 11 is 0. The summed E-state index contributed by atoms with van der Waals surface area (Å²) in [6, 6.07) is 0. The SMILES string of the molecule is CCC(C)[PH](C)(CC)C1CCCCC1. The zero-order chi connectivity index (χ0) is 10.6. The van der Waals surface area contributed by atoms with Gasteiger partial charge < -0.3 is 0 Å². The van der Waals surface area contributed by atoms with Crippen molar-refractivity contribution in [1.29, 1.82) is 0 Å². The van der Waals surface area contributed by atoms with Crippen molar-refractivity contribution in [2.24, 2.45) is 0 Å². The molecule has 0 heterocycles. The first kappa shape index (κ1) is 12.5. The Bertz CT molecular complexity index is 161. The first-order chi connectivity index (χ1) is 6.65. The molecule has 0 aromatic heterocycles. The fourth-order valence-electron chi connectivity index (χ4n) is 3.27. The van der Waals surface area contributed by atoms with E-state index < -0.39 is 7.26 Å². The molecule has 14 heavy (non-hydrogen) atoms. The second-order valence-corrected chi connectivity index (χ2v) is 11.0. The molecule has 0 aromatic carbocycles. The quantitative estimate of drug-likeness (QED) is 0.606. The fourth-order valence-corrected chi connectivity index (χ4v) is 8.01. The molecule has 0 aromatic rings. The number of hydrogen-bond donors (Lipinski definition) is 0. The summed E-state index contributed by atoms with van der Waals surface area (Å²) in [6.07, 6.45) is 10.6. The van der Waals surface area contributed by atoms with Gasteiger partial charge in [-0.15, -0.1) is 0 Å². The monoisotopic (exact) mass is 216 g/mol. The molecule has 0 bridgehead atoms. The predicted octanol–water partition coefficient (Wildman–Crippen LogP) is 4.52. The normalized spacial score (nSPS) is 23.4. The first-order valence-electron chi connectivity index (χ1n) is 6.65. The minimum atomic E-state index is -0.926. The van der Waals surface area contributed by atoms with Crippen LogP contribution in [0.4, 0.5) is 0 Å². The average Bonchev–Trinajstić information content (AvgIpc) is 2.28. The Balaban J connectivity index is 2.65. The summed E-state index contributed by atoms with van der Waals surface area (Å²) in [4.78, 5) is 0. The van der Waals surface area contributed by atoms with E-state index in [9.17, 15) is 0 Å². The van der Waals surface area contributed by atoms with E-state index in [1.54, 1.807) is 12.8 Å². The summed E-state index contributed by atoms with van der Waals surface area (Å²) in [6.45, 7) is 10.0. The molecular weight excluding hydrogens is 187 g/mol. The molecule has 1 heteroatoms. The summed E-state index contributed by atoms with van der Waals surface area (Å²) in [5.41, 5.74) is 2.19. The van der Waals surface area contributed by atoms with E-state index in [0.29, 0.717) is 0 Å². The van der Waals surface area contributed by atoms with Crippen molar-refractivity contribution >= 4 is 7.26 Å². The zero-order valence-corrected chi connectivity index (χ0v) is 11.6. The first-order valence-corrected chi connectivity index (χ1v) is 9.51. The van der Waals surface area contributed by atoms with Crippen LogP contribution in [-0.4, -0.2) is 24.1 Å². The second kappa shape index (κ2) is 5.50. The van der Waals surface area contributed by atoms with E-state index in [1.807, 2.05) is 0 Å². The van der Waals surface area contributed by atoms with E-state index in [1.165, 1.54) is 31.8 Å². The molecule has 86 valence electrons. The maximum atomic E-state index is 2.68. The third-order valence-corrected chi connectivity index (χ3v) is 11.7. The Labute approximate surface area is 91.2 Å². The van der Waals surface area contributed by atoms with Crippen LogP contribution in [0.1, 0.15) is 59.3 Å². The molecule has 0 spiro atoms. The van der Waals surface area contributed by atoms with E-state index in [4.69, 9.17) is 0 Å². The van der Waals surface area contributed by atoms with Crippen molar-refractivity contribution < 1.29 is 0 Å². The van der Waals surface area contributed by atoms with Crippen LogP contribution in [0.3, 0.4) is 0 Å². The number of rotatable bonds is 4. The van der Waals surface area contributed by atoms with Gasteiger partial charge in [0, 0.05) is 0 Å². The van der Waals surface area contributed by atoms with Crippen LogP contribution in [0, 0.1) is 0 Å². The van der Waals surface area contributed by atoms with Gasteiger partial charge >= 0.3 is 90.7 Å². The van der Waals surface area contributed by atoms with E-state index in [2.05, 4.69) is 27.4 Å². The van der Waals surface area contributed by atoms with Crippen LogP contribution in [0.2, 0.25) is 0 Å². The summed E-state index contributed by atoms with van der Waals surface area (Å²) in [5.74, 6) is 0. The van der Waals surface area contributed by atoms with Crippen LogP contribution in [0.5, 0.6) is 0 Å². The molecular formula is C13H29P. The third-order valence-electron chi connectivity index (χ3n) is 5.04. The van der Waals surface area contributed by atoms with Gasteiger partial charge in [0.2, 0.25) is 0 Å². The van der Waals surface area contributed by atoms with Crippen molar-refractivity contribution in [3.8, 4) is 0 Å². The topological polar surface area (TPSA) is 0 Å². The fraction of sp³-hybridized carbons (Fsp3) is 1.00. The van der Waals surface area contributed by atoms with Gasteiger partial charge in [-0.3, -0.25) is 0 Å². The van der Waals surface area contributed by atoms with Gasteiger partial charge in [-0.1, -0.05) is 0 Å².